The molecule has 1 saturated heterocycles. The molecule has 1 aliphatic heterocycles. The number of para-hydroxylation sites is 1. The number of nitrogens with zero attached hydrogens (tertiary/aromatic N) is 4. The molecule has 0 N–H and O–H groups in total. The minimum absolute atomic E-state index is 0.153. The van der Waals surface area contributed by atoms with Crippen molar-refractivity contribution in [3.05, 3.63) is 53.7 Å². The third-order valence-corrected chi connectivity index (χ3v) is 5.39. The summed E-state index contributed by atoms with van der Waals surface area (Å²) in [6.07, 6.45) is -2.84. The van der Waals surface area contributed by atoms with E-state index in [-0.39, 0.29) is 12.5 Å². The first-order valence-electron chi connectivity index (χ1n) is 10.1. The summed E-state index contributed by atoms with van der Waals surface area (Å²) in [6.45, 7) is 2.54. The number of hydrogen-bond acceptors (Lipinski definition) is 6. The summed E-state index contributed by atoms with van der Waals surface area (Å²) in [6, 6.07) is 9.14. The lowest BCUT2D eigenvalue weighted by Crippen LogP contribution is -2.40. The Bertz CT molecular complexity index is 950. The van der Waals surface area contributed by atoms with Crippen LogP contribution in [0.5, 0.6) is 0 Å². The molecule has 1 aromatic heterocycles. The fraction of sp³-hybridized carbons (Fsp3) is 0.409. The van der Waals surface area contributed by atoms with Gasteiger partial charge < -0.3 is 14.5 Å². The van der Waals surface area contributed by atoms with Gasteiger partial charge in [0.05, 0.1) is 30.5 Å². The number of esters is 1. The van der Waals surface area contributed by atoms with E-state index in [9.17, 15) is 22.8 Å². The topological polar surface area (TPSA) is 66.0 Å². The van der Waals surface area contributed by atoms with Crippen LogP contribution in [0.2, 0.25) is 0 Å². The number of methoxy groups -OCH3 is 1. The van der Waals surface area contributed by atoms with Crippen molar-refractivity contribution in [2.75, 3.05) is 56.7 Å². The molecular weight excluding hydrogens is 425 g/mol. The first-order valence-corrected chi connectivity index (χ1v) is 10.1. The number of carbonyl (C=O) groups excluding carboxylic acids is 2. The zero-order chi connectivity index (χ0) is 23.3. The Morgan fingerprint density at radius 2 is 1.84 bits per heavy atom. The van der Waals surface area contributed by atoms with Gasteiger partial charge in [-0.25, -0.2) is 9.78 Å². The van der Waals surface area contributed by atoms with Gasteiger partial charge in [-0.3, -0.25) is 9.69 Å². The Labute approximate surface area is 184 Å². The summed E-state index contributed by atoms with van der Waals surface area (Å²) < 4.78 is 43.1. The second kappa shape index (κ2) is 9.99. The third kappa shape index (κ3) is 5.56. The highest BCUT2D eigenvalue weighted by molar-refractivity contribution is 6.02. The quantitative estimate of drug-likeness (QED) is 0.653. The highest BCUT2D eigenvalue weighted by Crippen LogP contribution is 2.29. The van der Waals surface area contributed by atoms with Crippen LogP contribution in [-0.4, -0.2) is 68.6 Å². The van der Waals surface area contributed by atoms with E-state index in [1.807, 2.05) is 9.80 Å². The predicted molar refractivity (Wildman–Crippen MR) is 114 cm³/mol. The van der Waals surface area contributed by atoms with Crippen LogP contribution in [-0.2, 0) is 15.7 Å². The molecule has 0 bridgehead atoms. The number of anilines is 2. The number of halogens is 3. The van der Waals surface area contributed by atoms with Crippen molar-refractivity contribution in [1.29, 1.82) is 0 Å². The van der Waals surface area contributed by atoms with Crippen LogP contribution in [0.25, 0.3) is 0 Å². The molecule has 2 heterocycles. The van der Waals surface area contributed by atoms with Crippen LogP contribution in [0.4, 0.5) is 24.7 Å². The zero-order valence-electron chi connectivity index (χ0n) is 17.9. The summed E-state index contributed by atoms with van der Waals surface area (Å²) in [5.74, 6) is -0.215. The highest BCUT2D eigenvalue weighted by atomic mass is 19.4. The Balaban J connectivity index is 1.61. The van der Waals surface area contributed by atoms with Gasteiger partial charge in [0.15, 0.2) is 0 Å². The fourth-order valence-corrected chi connectivity index (χ4v) is 3.58. The van der Waals surface area contributed by atoms with Crippen molar-refractivity contribution in [1.82, 2.24) is 9.88 Å². The van der Waals surface area contributed by atoms with Crippen molar-refractivity contribution in [3.63, 3.8) is 0 Å². The number of amides is 1. The number of alkyl halides is 3. The Kier molecular flexibility index (Phi) is 7.34. The maximum atomic E-state index is 12.9. The van der Waals surface area contributed by atoms with E-state index in [2.05, 4.69) is 4.98 Å². The van der Waals surface area contributed by atoms with Gasteiger partial charge in [0.25, 0.3) is 0 Å². The fourth-order valence-electron chi connectivity index (χ4n) is 3.58. The lowest BCUT2D eigenvalue weighted by molar-refractivity contribution is -0.137. The standard InChI is InChI=1S/C22H25F3N4O3/c1-27(18-7-4-3-6-17(18)21(31)32-2)20(30)15-28-10-5-11-29(13-12-28)19-9-8-16(14-26-19)22(23,24)25/h3-4,6-9,14H,5,10-13,15H2,1-2H3. The molecule has 0 aliphatic carbocycles. The van der Waals surface area contributed by atoms with Crippen molar-refractivity contribution in [2.24, 2.45) is 0 Å². The maximum absolute atomic E-state index is 12.9. The van der Waals surface area contributed by atoms with Gasteiger partial charge in [0, 0.05) is 39.4 Å². The normalized spacial score (nSPS) is 15.2. The Hall–Kier alpha value is -3.14. The van der Waals surface area contributed by atoms with E-state index >= 15 is 0 Å². The molecule has 0 unspecified atom stereocenters. The number of likely N-dealkylation sites (N-methyl/N-ethyl adjacent to an activating group) is 1. The van der Waals surface area contributed by atoms with E-state index in [0.717, 1.165) is 18.7 Å². The molecule has 10 heteroatoms. The second-order valence-corrected chi connectivity index (χ2v) is 7.48. The minimum atomic E-state index is -4.42. The van der Waals surface area contributed by atoms with E-state index in [4.69, 9.17) is 4.74 Å². The number of carbonyl (C=O) groups is 2. The summed E-state index contributed by atoms with van der Waals surface area (Å²) in [7, 11) is 2.90. The van der Waals surface area contributed by atoms with Crippen LogP contribution >= 0.6 is 0 Å². The molecule has 3 rings (SSSR count). The smallest absolute Gasteiger partial charge is 0.417 e. The van der Waals surface area contributed by atoms with Crippen molar-refractivity contribution >= 4 is 23.4 Å². The van der Waals surface area contributed by atoms with Gasteiger partial charge in [-0.05, 0) is 30.7 Å². The molecule has 1 fully saturated rings. The maximum Gasteiger partial charge on any atom is 0.417 e. The van der Waals surface area contributed by atoms with E-state index in [1.165, 1.54) is 18.1 Å². The number of pyridine rings is 1. The Morgan fingerprint density at radius 3 is 2.50 bits per heavy atom. The van der Waals surface area contributed by atoms with E-state index in [0.29, 0.717) is 43.2 Å². The molecule has 32 heavy (non-hydrogen) atoms. The molecule has 1 aromatic carbocycles. The first-order chi connectivity index (χ1) is 15.2. The van der Waals surface area contributed by atoms with Crippen LogP contribution in [0.3, 0.4) is 0 Å². The van der Waals surface area contributed by atoms with Crippen LogP contribution in [0.15, 0.2) is 42.6 Å². The molecule has 0 saturated carbocycles. The number of aromatic nitrogens is 1. The number of hydrogen-bond donors (Lipinski definition) is 0. The molecular formula is C22H25F3N4O3. The van der Waals surface area contributed by atoms with Gasteiger partial charge in [0.2, 0.25) is 5.91 Å². The van der Waals surface area contributed by atoms with Gasteiger partial charge in [-0.2, -0.15) is 13.2 Å². The number of rotatable bonds is 5. The Morgan fingerprint density at radius 1 is 1.09 bits per heavy atom. The lowest BCUT2D eigenvalue weighted by Gasteiger charge is -2.25. The molecule has 172 valence electrons. The summed E-state index contributed by atoms with van der Waals surface area (Å²) >= 11 is 0. The largest absolute Gasteiger partial charge is 0.465 e. The van der Waals surface area contributed by atoms with E-state index < -0.39 is 17.7 Å². The minimum Gasteiger partial charge on any atom is -0.465 e. The summed E-state index contributed by atoms with van der Waals surface area (Å²) in [4.78, 5) is 34.2. The number of ether oxygens (including phenoxy) is 1. The SMILES string of the molecule is COC(=O)c1ccccc1N(C)C(=O)CN1CCCN(c2ccc(C(F)(F)F)cn2)CC1. The second-order valence-electron chi connectivity index (χ2n) is 7.48. The highest BCUT2D eigenvalue weighted by Gasteiger charge is 2.31. The van der Waals surface area contributed by atoms with Gasteiger partial charge in [0.1, 0.15) is 5.82 Å². The monoisotopic (exact) mass is 450 g/mol. The third-order valence-electron chi connectivity index (χ3n) is 5.39. The molecule has 0 atom stereocenters. The van der Waals surface area contributed by atoms with Crippen molar-refractivity contribution < 1.29 is 27.5 Å². The van der Waals surface area contributed by atoms with Gasteiger partial charge in [-0.15, -0.1) is 0 Å². The predicted octanol–water partition coefficient (Wildman–Crippen LogP) is 3.06. The summed E-state index contributed by atoms with van der Waals surface area (Å²) in [5.41, 5.74) is -0.00501. The molecule has 1 amide bonds. The lowest BCUT2D eigenvalue weighted by atomic mass is 10.1. The molecule has 0 spiro atoms. The van der Waals surface area contributed by atoms with Gasteiger partial charge in [-0.1, -0.05) is 12.1 Å². The van der Waals surface area contributed by atoms with Crippen LogP contribution in [0, 0.1) is 0 Å². The molecule has 1 aliphatic rings. The zero-order valence-corrected chi connectivity index (χ0v) is 17.9. The average molecular weight is 450 g/mol. The summed E-state index contributed by atoms with van der Waals surface area (Å²) in [5, 5.41) is 0. The molecule has 7 nitrogen and oxygen atoms in total. The van der Waals surface area contributed by atoms with Crippen LogP contribution in [0.1, 0.15) is 22.3 Å². The van der Waals surface area contributed by atoms with Gasteiger partial charge >= 0.3 is 12.1 Å². The molecule has 2 aromatic rings. The van der Waals surface area contributed by atoms with E-state index in [1.54, 1.807) is 31.3 Å². The molecule has 0 radical (unpaired) electrons. The average Bonchev–Trinajstić information content (AvgIpc) is 3.03. The van der Waals surface area contributed by atoms with Crippen molar-refractivity contribution in [3.8, 4) is 0 Å². The van der Waals surface area contributed by atoms with Crippen molar-refractivity contribution in [2.45, 2.75) is 12.6 Å². The van der Waals surface area contributed by atoms with Crippen LogP contribution < -0.4 is 9.80 Å². The number of benzene rings is 1. The first kappa shape index (κ1) is 23.5.